The highest BCUT2D eigenvalue weighted by Gasteiger charge is 2.36. The maximum Gasteiger partial charge on any atom is 0.165 e. The van der Waals surface area contributed by atoms with Crippen molar-refractivity contribution in [2.75, 3.05) is 13.3 Å². The average molecular weight is 898 g/mol. The van der Waals surface area contributed by atoms with Crippen molar-refractivity contribution in [3.05, 3.63) is 210 Å². The van der Waals surface area contributed by atoms with Gasteiger partial charge in [0.05, 0.1) is 0 Å². The zero-order valence-corrected chi connectivity index (χ0v) is 39.5. The molecule has 0 spiro atoms. The van der Waals surface area contributed by atoms with Crippen LogP contribution in [0.4, 0.5) is 0 Å². The Hall–Kier alpha value is -7.26. The van der Waals surface area contributed by atoms with Crippen molar-refractivity contribution in [3.8, 4) is 56.4 Å². The second kappa shape index (κ2) is 17.1. The molecule has 0 atom stereocenters. The number of hydrogen-bond acceptors (Lipinski definition) is 4. The molecule has 4 nitrogen and oxygen atoms in total. The Morgan fingerprint density at radius 1 is 0.456 bits per heavy atom. The number of benzene rings is 9. The molecular formula is C63H52N3OP. The summed E-state index contributed by atoms with van der Waals surface area (Å²) in [6.07, 6.45) is 12.4. The van der Waals surface area contributed by atoms with E-state index in [1.807, 2.05) is 43.7 Å². The van der Waals surface area contributed by atoms with Crippen LogP contribution in [0.25, 0.3) is 94.8 Å². The summed E-state index contributed by atoms with van der Waals surface area (Å²) in [5.41, 5.74) is 13.0. The number of allylic oxidation sites excluding steroid dienone is 1. The zero-order valence-electron chi connectivity index (χ0n) is 38.6. The van der Waals surface area contributed by atoms with Crippen LogP contribution in [-0.4, -0.2) is 28.3 Å². The molecule has 12 rings (SSSR count). The van der Waals surface area contributed by atoms with E-state index in [0.29, 0.717) is 17.5 Å². The Morgan fingerprint density at radius 3 is 1.49 bits per heavy atom. The van der Waals surface area contributed by atoms with Gasteiger partial charge in [0.2, 0.25) is 0 Å². The highest BCUT2D eigenvalue weighted by Crippen LogP contribution is 2.48. The molecule has 0 N–H and O–H groups in total. The van der Waals surface area contributed by atoms with E-state index in [1.54, 1.807) is 0 Å². The fraction of sp³-hybridized carbons (Fsp3) is 0.159. The van der Waals surface area contributed by atoms with E-state index in [2.05, 4.69) is 164 Å². The van der Waals surface area contributed by atoms with Crippen LogP contribution in [0.1, 0.15) is 60.8 Å². The normalized spacial score (nSPS) is 14.6. The summed E-state index contributed by atoms with van der Waals surface area (Å²) in [5, 5.41) is 8.15. The van der Waals surface area contributed by atoms with Gasteiger partial charge in [0.25, 0.3) is 0 Å². The predicted octanol–water partition coefficient (Wildman–Crippen LogP) is 16.1. The Bertz CT molecular complexity index is 3560. The maximum absolute atomic E-state index is 12.9. The van der Waals surface area contributed by atoms with E-state index in [4.69, 9.17) is 15.0 Å². The second-order valence-corrected chi connectivity index (χ2v) is 22.4. The van der Waals surface area contributed by atoms with Crippen LogP contribution in [0.15, 0.2) is 188 Å². The molecule has 0 radical (unpaired) electrons. The first kappa shape index (κ1) is 42.1. The molecule has 68 heavy (non-hydrogen) atoms. The number of aryl methyl sites for hydroxylation is 1. The Balaban J connectivity index is 0.942. The third-order valence-electron chi connectivity index (χ3n) is 14.8. The number of fused-ring (bicyclic) bond motifs is 4. The molecule has 0 saturated heterocycles. The lowest BCUT2D eigenvalue weighted by Crippen LogP contribution is -2.30. The third kappa shape index (κ3) is 7.39. The highest BCUT2D eigenvalue weighted by molar-refractivity contribution is 7.70. The molecule has 330 valence electrons. The lowest BCUT2D eigenvalue weighted by Gasteiger charge is -2.39. The fourth-order valence-electron chi connectivity index (χ4n) is 11.4. The van der Waals surface area contributed by atoms with E-state index in [1.165, 1.54) is 85.1 Å². The Morgan fingerprint density at radius 2 is 0.926 bits per heavy atom. The molecule has 1 fully saturated rings. The molecule has 1 aromatic heterocycles. The minimum atomic E-state index is -2.37. The van der Waals surface area contributed by atoms with Crippen LogP contribution >= 0.6 is 7.14 Å². The Labute approximate surface area is 398 Å². The van der Waals surface area contributed by atoms with Gasteiger partial charge in [-0.3, -0.25) is 0 Å². The van der Waals surface area contributed by atoms with E-state index in [0.717, 1.165) is 58.6 Å². The molecule has 0 bridgehead atoms. The van der Waals surface area contributed by atoms with Gasteiger partial charge < -0.3 is 4.57 Å². The van der Waals surface area contributed by atoms with E-state index in [9.17, 15) is 4.57 Å². The van der Waals surface area contributed by atoms with E-state index >= 15 is 0 Å². The largest absolute Gasteiger partial charge is 0.319 e. The number of rotatable bonds is 8. The summed E-state index contributed by atoms with van der Waals surface area (Å²) in [6.45, 7) is 3.68. The van der Waals surface area contributed by atoms with Gasteiger partial charge in [0.15, 0.2) is 17.5 Å². The van der Waals surface area contributed by atoms with Crippen molar-refractivity contribution in [1.82, 2.24) is 15.0 Å². The first-order chi connectivity index (χ1) is 33.3. The summed E-state index contributed by atoms with van der Waals surface area (Å²) in [7, 11) is -2.37. The van der Waals surface area contributed by atoms with Gasteiger partial charge in [-0.15, -0.1) is 0 Å². The van der Waals surface area contributed by atoms with Gasteiger partial charge in [-0.2, -0.15) is 0 Å². The van der Waals surface area contributed by atoms with Crippen LogP contribution in [0, 0.1) is 0 Å². The smallest absolute Gasteiger partial charge is 0.165 e. The molecule has 0 unspecified atom stereocenters. The number of hydrogen-bond donors (Lipinski definition) is 0. The molecule has 5 heteroatoms. The SMILES string of the molecule is CP(C)(=O)c1ccc(-c2c3ccccc3c(-c3ccc(C4(c5ccc(-c6nc(-c7ccccc7)nc(-c7c8c(cc9ccccc79)CCC=C8)n6)cc5)CCCCC4)cc3)c3ccccc23)cc1. The minimum Gasteiger partial charge on any atom is -0.319 e. The van der Waals surface area contributed by atoms with Crippen molar-refractivity contribution in [3.63, 3.8) is 0 Å². The molecule has 0 aliphatic heterocycles. The molecule has 1 saturated carbocycles. The van der Waals surface area contributed by atoms with Gasteiger partial charge in [0, 0.05) is 27.4 Å². The van der Waals surface area contributed by atoms with Gasteiger partial charge in [-0.05, 0) is 116 Å². The monoisotopic (exact) mass is 897 g/mol. The van der Waals surface area contributed by atoms with Crippen molar-refractivity contribution < 1.29 is 4.57 Å². The Kier molecular flexibility index (Phi) is 10.6. The molecule has 10 aromatic rings. The van der Waals surface area contributed by atoms with Gasteiger partial charge in [-0.25, -0.2) is 15.0 Å². The van der Waals surface area contributed by atoms with Crippen molar-refractivity contribution in [1.29, 1.82) is 0 Å². The quantitative estimate of drug-likeness (QED) is 0.113. The number of nitrogens with zero attached hydrogens (tertiary/aromatic N) is 3. The fourth-order valence-corrected chi connectivity index (χ4v) is 12.2. The highest BCUT2D eigenvalue weighted by atomic mass is 31.2. The van der Waals surface area contributed by atoms with Gasteiger partial charge in [-0.1, -0.05) is 213 Å². The minimum absolute atomic E-state index is 0.107. The van der Waals surface area contributed by atoms with E-state index in [-0.39, 0.29) is 5.41 Å². The van der Waals surface area contributed by atoms with Crippen LogP contribution < -0.4 is 5.30 Å². The summed E-state index contributed by atoms with van der Waals surface area (Å²) in [4.78, 5) is 15.7. The molecule has 2 aliphatic rings. The molecule has 0 amide bonds. The number of aromatic nitrogens is 3. The molecule has 1 heterocycles. The zero-order chi connectivity index (χ0) is 45.8. The first-order valence-corrected chi connectivity index (χ1v) is 26.8. The third-order valence-corrected chi connectivity index (χ3v) is 16.3. The lowest BCUT2D eigenvalue weighted by molar-refractivity contribution is 0.346. The maximum atomic E-state index is 12.9. The van der Waals surface area contributed by atoms with Crippen LogP contribution in [0.2, 0.25) is 0 Å². The predicted molar refractivity (Wildman–Crippen MR) is 286 cm³/mol. The van der Waals surface area contributed by atoms with Crippen LogP contribution in [-0.2, 0) is 16.4 Å². The summed E-state index contributed by atoms with van der Waals surface area (Å²) < 4.78 is 12.9. The first-order valence-electron chi connectivity index (χ1n) is 24.2. The van der Waals surface area contributed by atoms with Gasteiger partial charge in [0.1, 0.15) is 7.14 Å². The summed E-state index contributed by atoms with van der Waals surface area (Å²) in [6, 6.07) is 66.0. The molecule has 2 aliphatic carbocycles. The van der Waals surface area contributed by atoms with Crippen molar-refractivity contribution in [2.45, 2.75) is 50.4 Å². The van der Waals surface area contributed by atoms with Gasteiger partial charge >= 0.3 is 0 Å². The van der Waals surface area contributed by atoms with Crippen molar-refractivity contribution in [2.24, 2.45) is 0 Å². The molecular weight excluding hydrogens is 846 g/mol. The van der Waals surface area contributed by atoms with Crippen LogP contribution in [0.5, 0.6) is 0 Å². The average Bonchev–Trinajstić information content (AvgIpc) is 3.39. The summed E-state index contributed by atoms with van der Waals surface area (Å²) in [5.74, 6) is 2.06. The topological polar surface area (TPSA) is 55.7 Å². The summed E-state index contributed by atoms with van der Waals surface area (Å²) >= 11 is 0. The lowest BCUT2D eigenvalue weighted by atomic mass is 9.65. The van der Waals surface area contributed by atoms with Crippen molar-refractivity contribution >= 4 is 50.8 Å². The standard InChI is InChI=1S/C63H52N3OP/c1-68(2,67)50-37-31-43(32-38-50)58-55-25-13-11-23-53(55)57(54-24-12-14-26-56(54)58)42-27-33-48(34-28-42)63(39-15-4-16-40-63)49-35-29-45(30-36-49)61-64-60(44-17-5-3-6-18-44)65-62(66-61)59-51-21-9-7-19-46(51)41-47-20-8-10-22-52(47)59/h3,5-7,9-14,17-19,21-38,41H,4,8,15-16,20,39-40H2,1-2H3. The second-order valence-electron chi connectivity index (χ2n) is 19.2. The molecule has 9 aromatic carbocycles. The van der Waals surface area contributed by atoms with E-state index < -0.39 is 7.14 Å². The van der Waals surface area contributed by atoms with Crippen LogP contribution in [0.3, 0.4) is 0 Å².